The minimum Gasteiger partial charge on any atom is -0.495 e. The maximum Gasteiger partial charge on any atom is 0.244 e. The van der Waals surface area contributed by atoms with E-state index in [2.05, 4.69) is 20.7 Å². The first-order valence-corrected chi connectivity index (χ1v) is 9.31. The smallest absolute Gasteiger partial charge is 0.244 e. The lowest BCUT2D eigenvalue weighted by Crippen LogP contribution is -2.51. The second-order valence-electron chi connectivity index (χ2n) is 5.43. The molecule has 1 aliphatic rings. The molecule has 9 heteroatoms. The summed E-state index contributed by atoms with van der Waals surface area (Å²) in [6.45, 7) is 0.284. The molecule has 0 spiro atoms. The van der Waals surface area contributed by atoms with E-state index < -0.39 is 15.6 Å². The van der Waals surface area contributed by atoms with Crippen molar-refractivity contribution in [1.82, 2.24) is 4.72 Å². The highest BCUT2D eigenvalue weighted by molar-refractivity contribution is 9.10. The fourth-order valence-corrected chi connectivity index (χ4v) is 5.09. The normalized spacial score (nSPS) is 16.7. The van der Waals surface area contributed by atoms with Gasteiger partial charge < -0.3 is 15.2 Å². The maximum atomic E-state index is 12.8. The van der Waals surface area contributed by atoms with Gasteiger partial charge in [-0.25, -0.2) is 13.1 Å². The monoisotopic (exact) mass is 428 g/mol. The molecular formula is C14H22BrClN2O4S. The van der Waals surface area contributed by atoms with E-state index >= 15 is 0 Å². The third-order valence-electron chi connectivity index (χ3n) is 4.03. The second kappa shape index (κ2) is 8.02. The van der Waals surface area contributed by atoms with Crippen LogP contribution >= 0.6 is 28.3 Å². The molecule has 1 aliphatic carbocycles. The van der Waals surface area contributed by atoms with E-state index in [1.54, 1.807) is 6.07 Å². The molecule has 1 aromatic carbocycles. The van der Waals surface area contributed by atoms with Crippen molar-refractivity contribution in [1.29, 1.82) is 0 Å². The minimum absolute atomic E-state index is 0. The van der Waals surface area contributed by atoms with Crippen LogP contribution in [-0.2, 0) is 10.0 Å². The lowest BCUT2D eigenvalue weighted by Gasteiger charge is -2.28. The summed E-state index contributed by atoms with van der Waals surface area (Å²) >= 11 is 3.31. The average Bonchev–Trinajstić information content (AvgIpc) is 2.95. The van der Waals surface area contributed by atoms with Gasteiger partial charge >= 0.3 is 0 Å². The summed E-state index contributed by atoms with van der Waals surface area (Å²) in [6.07, 6.45) is 3.46. The van der Waals surface area contributed by atoms with Crippen LogP contribution in [0.4, 0.5) is 0 Å². The Bertz CT molecular complexity index is 648. The lowest BCUT2D eigenvalue weighted by atomic mass is 10.0. The molecule has 0 saturated heterocycles. The number of nitrogens with two attached hydrogens (primary N) is 1. The number of sulfonamides is 1. The molecule has 132 valence electrons. The molecule has 3 N–H and O–H groups in total. The Kier molecular flexibility index (Phi) is 7.15. The zero-order chi connectivity index (χ0) is 16.4. The Hall–Kier alpha value is -0.540. The molecule has 6 nitrogen and oxygen atoms in total. The van der Waals surface area contributed by atoms with Gasteiger partial charge in [-0.3, -0.25) is 0 Å². The zero-order valence-electron chi connectivity index (χ0n) is 13.1. The molecule has 1 aromatic rings. The van der Waals surface area contributed by atoms with Crippen molar-refractivity contribution in [3.8, 4) is 11.5 Å². The van der Waals surface area contributed by atoms with E-state index in [0.29, 0.717) is 10.2 Å². The molecule has 1 fully saturated rings. The maximum absolute atomic E-state index is 12.8. The van der Waals surface area contributed by atoms with Gasteiger partial charge in [-0.05, 0) is 34.8 Å². The van der Waals surface area contributed by atoms with Crippen molar-refractivity contribution < 1.29 is 17.9 Å². The summed E-state index contributed by atoms with van der Waals surface area (Å²) < 4.78 is 39.3. The van der Waals surface area contributed by atoms with Crippen LogP contribution in [-0.4, -0.2) is 34.7 Å². The summed E-state index contributed by atoms with van der Waals surface area (Å²) in [4.78, 5) is 0.0717. The largest absolute Gasteiger partial charge is 0.495 e. The van der Waals surface area contributed by atoms with Crippen molar-refractivity contribution >= 4 is 38.4 Å². The summed E-state index contributed by atoms with van der Waals surface area (Å²) in [5, 5.41) is 0. The molecule has 23 heavy (non-hydrogen) atoms. The van der Waals surface area contributed by atoms with Gasteiger partial charge in [0.05, 0.1) is 18.7 Å². The molecule has 0 aliphatic heterocycles. The number of hydrogen-bond acceptors (Lipinski definition) is 5. The number of ether oxygens (including phenoxy) is 2. The highest BCUT2D eigenvalue weighted by atomic mass is 79.9. The van der Waals surface area contributed by atoms with Crippen molar-refractivity contribution in [2.75, 3.05) is 20.8 Å². The third kappa shape index (κ3) is 4.30. The van der Waals surface area contributed by atoms with E-state index in [1.807, 2.05) is 0 Å². The average molecular weight is 430 g/mol. The molecule has 0 aromatic heterocycles. The first-order valence-electron chi connectivity index (χ1n) is 7.03. The summed E-state index contributed by atoms with van der Waals surface area (Å²) in [5.74, 6) is 0.739. The molecule has 0 heterocycles. The topological polar surface area (TPSA) is 90.6 Å². The van der Waals surface area contributed by atoms with Crippen LogP contribution in [0.5, 0.6) is 11.5 Å². The number of rotatable bonds is 6. The van der Waals surface area contributed by atoms with Crippen LogP contribution in [0.15, 0.2) is 21.5 Å². The fourth-order valence-electron chi connectivity index (χ4n) is 2.78. The van der Waals surface area contributed by atoms with Crippen molar-refractivity contribution in [3.63, 3.8) is 0 Å². The Morgan fingerprint density at radius 2 is 1.78 bits per heavy atom. The van der Waals surface area contributed by atoms with E-state index in [0.717, 1.165) is 25.7 Å². The quantitative estimate of drug-likeness (QED) is 0.725. The van der Waals surface area contributed by atoms with Gasteiger partial charge in [-0.15, -0.1) is 12.4 Å². The fraction of sp³-hybridized carbons (Fsp3) is 0.571. The van der Waals surface area contributed by atoms with Crippen LogP contribution in [0.1, 0.15) is 25.7 Å². The number of hydrogen-bond donors (Lipinski definition) is 2. The Morgan fingerprint density at radius 3 is 2.26 bits per heavy atom. The van der Waals surface area contributed by atoms with Crippen molar-refractivity contribution in [2.24, 2.45) is 5.73 Å². The lowest BCUT2D eigenvalue weighted by molar-refractivity contribution is 0.379. The third-order valence-corrected chi connectivity index (χ3v) is 6.25. The molecular weight excluding hydrogens is 408 g/mol. The summed E-state index contributed by atoms with van der Waals surface area (Å²) in [5.41, 5.74) is 5.25. The molecule has 0 radical (unpaired) electrons. The number of methoxy groups -OCH3 is 2. The first kappa shape index (κ1) is 20.5. The summed E-state index contributed by atoms with van der Waals surface area (Å²) in [6, 6.07) is 3.03. The Labute approximate surface area is 151 Å². The SMILES string of the molecule is COc1cc(OC)c(S(=O)(=O)NC2(CN)CCCC2)cc1Br.Cl. The van der Waals surface area contributed by atoms with E-state index in [1.165, 1.54) is 20.3 Å². The highest BCUT2D eigenvalue weighted by Gasteiger charge is 2.37. The van der Waals surface area contributed by atoms with E-state index in [9.17, 15) is 8.42 Å². The molecule has 2 rings (SSSR count). The van der Waals surface area contributed by atoms with Crippen molar-refractivity contribution in [2.45, 2.75) is 36.1 Å². The van der Waals surface area contributed by atoms with Gasteiger partial charge in [0, 0.05) is 18.2 Å². The highest BCUT2D eigenvalue weighted by Crippen LogP contribution is 2.37. The number of halogens is 2. The Morgan fingerprint density at radius 1 is 1.22 bits per heavy atom. The van der Waals surface area contributed by atoms with Crippen LogP contribution in [0.3, 0.4) is 0 Å². The first-order chi connectivity index (χ1) is 10.4. The number of nitrogens with one attached hydrogen (secondary N) is 1. The molecule has 0 bridgehead atoms. The van der Waals surface area contributed by atoms with Gasteiger partial charge in [-0.1, -0.05) is 12.8 Å². The Balaban J connectivity index is 0.00000264. The minimum atomic E-state index is -3.75. The zero-order valence-corrected chi connectivity index (χ0v) is 16.3. The molecule has 0 unspecified atom stereocenters. The van der Waals surface area contributed by atoms with Crippen molar-refractivity contribution in [3.05, 3.63) is 16.6 Å². The van der Waals surface area contributed by atoms with Gasteiger partial charge in [-0.2, -0.15) is 0 Å². The summed E-state index contributed by atoms with van der Waals surface area (Å²) in [7, 11) is -0.811. The van der Waals surface area contributed by atoms with Crippen LogP contribution < -0.4 is 19.9 Å². The molecule has 0 atom stereocenters. The predicted molar refractivity (Wildman–Crippen MR) is 95.1 cm³/mol. The van der Waals surface area contributed by atoms with Gasteiger partial charge in [0.1, 0.15) is 16.4 Å². The van der Waals surface area contributed by atoms with E-state index in [-0.39, 0.29) is 29.6 Å². The van der Waals surface area contributed by atoms with Crippen LogP contribution in [0.25, 0.3) is 0 Å². The molecule has 0 amide bonds. The van der Waals surface area contributed by atoms with Crippen LogP contribution in [0.2, 0.25) is 0 Å². The molecule has 1 saturated carbocycles. The second-order valence-corrected chi connectivity index (χ2v) is 7.94. The van der Waals surface area contributed by atoms with Crippen LogP contribution in [0, 0.1) is 0 Å². The van der Waals surface area contributed by atoms with Gasteiger partial charge in [0.25, 0.3) is 0 Å². The predicted octanol–water partition coefficient (Wildman–Crippen LogP) is 2.44. The standard InChI is InChI=1S/C14H21BrN2O4S.ClH/c1-20-11-8-12(21-2)13(7-10(11)15)22(18,19)17-14(9-16)5-3-4-6-14;/h7-8,17H,3-6,9,16H2,1-2H3;1H. The van der Waals surface area contributed by atoms with E-state index in [4.69, 9.17) is 15.2 Å². The van der Waals surface area contributed by atoms with Gasteiger partial charge in [0.15, 0.2) is 0 Å². The number of benzene rings is 1. The van der Waals surface area contributed by atoms with Gasteiger partial charge in [0.2, 0.25) is 10.0 Å².